The molecular formula is C12H14BrClN2O3. The van der Waals surface area contributed by atoms with Crippen molar-refractivity contribution in [2.45, 2.75) is 13.3 Å². The van der Waals surface area contributed by atoms with E-state index >= 15 is 0 Å². The van der Waals surface area contributed by atoms with Crippen molar-refractivity contribution in [2.24, 2.45) is 0 Å². The van der Waals surface area contributed by atoms with Crippen LogP contribution in [-0.2, 0) is 0 Å². The molecule has 0 N–H and O–H groups in total. The maximum absolute atomic E-state index is 12.3. The van der Waals surface area contributed by atoms with Crippen LogP contribution in [0.1, 0.15) is 23.7 Å². The highest BCUT2D eigenvalue weighted by molar-refractivity contribution is 9.09. The summed E-state index contributed by atoms with van der Waals surface area (Å²) in [4.78, 5) is 24.3. The zero-order chi connectivity index (χ0) is 14.4. The van der Waals surface area contributed by atoms with Gasteiger partial charge in [0, 0.05) is 29.5 Å². The van der Waals surface area contributed by atoms with Crippen LogP contribution in [0.25, 0.3) is 0 Å². The zero-order valence-electron chi connectivity index (χ0n) is 10.4. The van der Waals surface area contributed by atoms with Gasteiger partial charge in [0.15, 0.2) is 0 Å². The Morgan fingerprint density at radius 1 is 1.47 bits per heavy atom. The Labute approximate surface area is 124 Å². The van der Waals surface area contributed by atoms with Crippen LogP contribution in [0.2, 0.25) is 5.02 Å². The Bertz CT molecular complexity index is 476. The van der Waals surface area contributed by atoms with Crippen molar-refractivity contribution in [2.75, 3.05) is 18.4 Å². The molecule has 104 valence electrons. The topological polar surface area (TPSA) is 63.5 Å². The molecule has 0 aliphatic rings. The largest absolute Gasteiger partial charge is 0.338 e. The second kappa shape index (κ2) is 7.45. The van der Waals surface area contributed by atoms with Crippen LogP contribution in [0.15, 0.2) is 18.2 Å². The first-order chi connectivity index (χ1) is 9.01. The lowest BCUT2D eigenvalue weighted by molar-refractivity contribution is -0.385. The van der Waals surface area contributed by atoms with Gasteiger partial charge in [0.25, 0.3) is 11.6 Å². The van der Waals surface area contributed by atoms with E-state index in [1.807, 2.05) is 6.92 Å². The Hall–Kier alpha value is -1.14. The maximum atomic E-state index is 12.3. The van der Waals surface area contributed by atoms with E-state index in [4.69, 9.17) is 11.6 Å². The number of halogens is 2. The average molecular weight is 350 g/mol. The van der Waals surface area contributed by atoms with E-state index in [0.717, 1.165) is 6.42 Å². The van der Waals surface area contributed by atoms with E-state index in [1.165, 1.54) is 18.2 Å². The van der Waals surface area contributed by atoms with Gasteiger partial charge in [-0.3, -0.25) is 14.9 Å². The van der Waals surface area contributed by atoms with Crippen LogP contribution in [0.5, 0.6) is 0 Å². The van der Waals surface area contributed by atoms with Gasteiger partial charge < -0.3 is 4.90 Å². The van der Waals surface area contributed by atoms with Crippen LogP contribution in [0.3, 0.4) is 0 Å². The third kappa shape index (κ3) is 4.18. The minimum absolute atomic E-state index is 0.0342. The molecule has 1 aromatic carbocycles. The van der Waals surface area contributed by atoms with Gasteiger partial charge in [-0.15, -0.1) is 0 Å². The van der Waals surface area contributed by atoms with Crippen LogP contribution in [0, 0.1) is 10.1 Å². The van der Waals surface area contributed by atoms with Crippen LogP contribution in [-0.4, -0.2) is 34.2 Å². The lowest BCUT2D eigenvalue weighted by atomic mass is 10.1. The highest BCUT2D eigenvalue weighted by Crippen LogP contribution is 2.24. The summed E-state index contributed by atoms with van der Waals surface area (Å²) >= 11 is 9.09. The number of nitrogens with zero attached hydrogens (tertiary/aromatic N) is 2. The second-order valence-corrected chi connectivity index (χ2v) is 5.13. The van der Waals surface area contributed by atoms with Gasteiger partial charge in [0.1, 0.15) is 5.56 Å². The fourth-order valence-corrected chi connectivity index (χ4v) is 2.30. The summed E-state index contributed by atoms with van der Waals surface area (Å²) in [6.07, 6.45) is 0.785. The van der Waals surface area contributed by atoms with Crippen molar-refractivity contribution in [1.82, 2.24) is 4.90 Å². The van der Waals surface area contributed by atoms with Gasteiger partial charge in [-0.25, -0.2) is 0 Å². The SMILES string of the molecule is CCCN(CCBr)C(=O)c1cc(Cl)ccc1[N+](=O)[O-]. The predicted octanol–water partition coefficient (Wildman–Crippen LogP) is 3.50. The first kappa shape index (κ1) is 15.9. The normalized spacial score (nSPS) is 10.3. The summed E-state index contributed by atoms with van der Waals surface area (Å²) in [7, 11) is 0. The van der Waals surface area contributed by atoms with E-state index in [9.17, 15) is 14.9 Å². The van der Waals surface area contributed by atoms with E-state index in [-0.39, 0.29) is 17.2 Å². The van der Waals surface area contributed by atoms with Crippen molar-refractivity contribution >= 4 is 39.1 Å². The molecule has 7 heteroatoms. The molecule has 0 aromatic heterocycles. The molecule has 0 aliphatic heterocycles. The standard InChI is InChI=1S/C12H14BrClN2O3/c1-2-6-15(7-5-13)12(17)10-8-9(14)3-4-11(10)16(18)19/h3-4,8H,2,5-7H2,1H3. The molecule has 0 radical (unpaired) electrons. The second-order valence-electron chi connectivity index (χ2n) is 3.90. The summed E-state index contributed by atoms with van der Waals surface area (Å²) in [6, 6.07) is 4.01. The number of benzene rings is 1. The lowest BCUT2D eigenvalue weighted by Crippen LogP contribution is -2.33. The first-order valence-corrected chi connectivity index (χ1v) is 7.30. The Kier molecular flexibility index (Phi) is 6.24. The molecule has 1 rings (SSSR count). The number of hydrogen-bond acceptors (Lipinski definition) is 3. The summed E-state index contributed by atoms with van der Waals surface area (Å²) in [5.41, 5.74) is -0.183. The van der Waals surface area contributed by atoms with Crippen LogP contribution in [0.4, 0.5) is 5.69 Å². The van der Waals surface area contributed by atoms with E-state index in [2.05, 4.69) is 15.9 Å². The number of nitro benzene ring substituents is 1. The lowest BCUT2D eigenvalue weighted by Gasteiger charge is -2.21. The van der Waals surface area contributed by atoms with Crippen LogP contribution < -0.4 is 0 Å². The smallest absolute Gasteiger partial charge is 0.282 e. The molecule has 0 aliphatic carbocycles. The molecule has 19 heavy (non-hydrogen) atoms. The molecule has 5 nitrogen and oxygen atoms in total. The number of amides is 1. The minimum Gasteiger partial charge on any atom is -0.338 e. The van der Waals surface area contributed by atoms with Crippen molar-refractivity contribution in [3.05, 3.63) is 38.9 Å². The number of carbonyl (C=O) groups excluding carboxylic acids is 1. The van der Waals surface area contributed by atoms with Gasteiger partial charge in [0.2, 0.25) is 0 Å². The summed E-state index contributed by atoms with van der Waals surface area (Å²) in [6.45, 7) is 2.99. The maximum Gasteiger partial charge on any atom is 0.282 e. The molecule has 0 saturated carbocycles. The molecule has 0 unspecified atom stereocenters. The highest BCUT2D eigenvalue weighted by Gasteiger charge is 2.24. The molecular weight excluding hydrogens is 336 g/mol. The quantitative estimate of drug-likeness (QED) is 0.448. The first-order valence-electron chi connectivity index (χ1n) is 5.80. The van der Waals surface area contributed by atoms with Gasteiger partial charge in [-0.05, 0) is 18.6 Å². The van der Waals surface area contributed by atoms with Gasteiger partial charge in [-0.1, -0.05) is 34.5 Å². The third-order valence-corrected chi connectivity index (χ3v) is 3.11. The van der Waals surface area contributed by atoms with Crippen molar-refractivity contribution in [3.63, 3.8) is 0 Å². The highest BCUT2D eigenvalue weighted by atomic mass is 79.9. The molecule has 0 saturated heterocycles. The fraction of sp³-hybridized carbons (Fsp3) is 0.417. The predicted molar refractivity (Wildman–Crippen MR) is 78.1 cm³/mol. The molecule has 0 spiro atoms. The zero-order valence-corrected chi connectivity index (χ0v) is 12.8. The minimum atomic E-state index is -0.568. The molecule has 1 aromatic rings. The van der Waals surface area contributed by atoms with E-state index in [0.29, 0.717) is 23.4 Å². The van der Waals surface area contributed by atoms with Gasteiger partial charge >= 0.3 is 0 Å². The Balaban J connectivity index is 3.15. The van der Waals surface area contributed by atoms with Crippen LogP contribution >= 0.6 is 27.5 Å². The van der Waals surface area contributed by atoms with Crippen molar-refractivity contribution < 1.29 is 9.72 Å². The number of hydrogen-bond donors (Lipinski definition) is 0. The Morgan fingerprint density at radius 2 is 2.16 bits per heavy atom. The number of nitro groups is 1. The summed E-state index contributed by atoms with van der Waals surface area (Å²) in [5.74, 6) is -0.365. The van der Waals surface area contributed by atoms with Crippen molar-refractivity contribution in [1.29, 1.82) is 0 Å². The molecule has 0 fully saturated rings. The van der Waals surface area contributed by atoms with Gasteiger partial charge in [-0.2, -0.15) is 0 Å². The molecule has 1 amide bonds. The molecule has 0 heterocycles. The monoisotopic (exact) mass is 348 g/mol. The number of rotatable bonds is 6. The van der Waals surface area contributed by atoms with E-state index < -0.39 is 4.92 Å². The number of alkyl halides is 1. The number of carbonyl (C=O) groups is 1. The Morgan fingerprint density at radius 3 is 2.68 bits per heavy atom. The summed E-state index contributed by atoms with van der Waals surface area (Å²) in [5, 5.41) is 11.9. The van der Waals surface area contributed by atoms with Crippen molar-refractivity contribution in [3.8, 4) is 0 Å². The molecule has 0 atom stereocenters. The van der Waals surface area contributed by atoms with E-state index in [1.54, 1.807) is 4.90 Å². The fourth-order valence-electron chi connectivity index (χ4n) is 1.70. The third-order valence-electron chi connectivity index (χ3n) is 2.52. The van der Waals surface area contributed by atoms with Gasteiger partial charge in [0.05, 0.1) is 4.92 Å². The summed E-state index contributed by atoms with van der Waals surface area (Å²) < 4.78 is 0. The molecule has 0 bridgehead atoms. The average Bonchev–Trinajstić information content (AvgIpc) is 2.37.